The summed E-state index contributed by atoms with van der Waals surface area (Å²) >= 11 is 0. The van der Waals surface area contributed by atoms with Crippen molar-refractivity contribution in [2.45, 2.75) is 26.9 Å². The van der Waals surface area contributed by atoms with Gasteiger partial charge in [-0.05, 0) is 35.3 Å². The fourth-order valence-electron chi connectivity index (χ4n) is 2.69. The Morgan fingerprint density at radius 2 is 1.93 bits per heavy atom. The van der Waals surface area contributed by atoms with Gasteiger partial charge in [0.1, 0.15) is 17.6 Å². The van der Waals surface area contributed by atoms with Crippen molar-refractivity contribution in [3.8, 4) is 17.2 Å². The largest absolute Gasteiger partial charge is 0.497 e. The first-order chi connectivity index (χ1) is 13.4. The molecule has 5 heteroatoms. The smallest absolute Gasteiger partial charge is 0.169 e. The van der Waals surface area contributed by atoms with E-state index in [1.807, 2.05) is 30.3 Å². The van der Waals surface area contributed by atoms with Crippen LogP contribution >= 0.6 is 0 Å². The lowest BCUT2D eigenvalue weighted by Crippen LogP contribution is -2.33. The van der Waals surface area contributed by atoms with E-state index in [1.165, 1.54) is 0 Å². The summed E-state index contributed by atoms with van der Waals surface area (Å²) in [5, 5.41) is 0. The number of methoxy groups -OCH3 is 2. The number of hydrogen-bond acceptors (Lipinski definition) is 5. The highest BCUT2D eigenvalue weighted by atomic mass is 16.5. The first-order valence-corrected chi connectivity index (χ1v) is 9.13. The molecule has 28 heavy (non-hydrogen) atoms. The second-order valence-electron chi connectivity index (χ2n) is 7.32. The van der Waals surface area contributed by atoms with Crippen molar-refractivity contribution in [2.75, 3.05) is 20.8 Å². The van der Waals surface area contributed by atoms with Gasteiger partial charge in [-0.25, -0.2) is 0 Å². The highest BCUT2D eigenvalue weighted by Gasteiger charge is 2.31. The second kappa shape index (κ2) is 9.95. The lowest BCUT2D eigenvalue weighted by molar-refractivity contribution is 0.00146. The Kier molecular flexibility index (Phi) is 7.64. The zero-order chi connectivity index (χ0) is 20.6. The van der Waals surface area contributed by atoms with Crippen molar-refractivity contribution in [1.29, 1.82) is 0 Å². The molecule has 0 saturated heterocycles. The quantitative estimate of drug-likeness (QED) is 0.443. The van der Waals surface area contributed by atoms with Crippen LogP contribution in [0.1, 0.15) is 26.3 Å². The molecule has 2 rings (SSSR count). The van der Waals surface area contributed by atoms with Gasteiger partial charge in [0.05, 0.1) is 20.8 Å². The Morgan fingerprint density at radius 1 is 1.14 bits per heavy atom. The third-order valence-corrected chi connectivity index (χ3v) is 4.02. The Bertz CT molecular complexity index is 794. The van der Waals surface area contributed by atoms with E-state index in [0.717, 1.165) is 5.56 Å². The highest BCUT2D eigenvalue weighted by molar-refractivity contribution is 5.54. The van der Waals surface area contributed by atoms with Crippen LogP contribution in [0.5, 0.6) is 17.2 Å². The second-order valence-corrected chi connectivity index (χ2v) is 7.32. The number of pyridine rings is 1. The molecule has 2 aromatic rings. The lowest BCUT2D eigenvalue weighted by Gasteiger charge is -2.32. The lowest BCUT2D eigenvalue weighted by atomic mass is 9.87. The molecular weight excluding hydrogens is 354 g/mol. The van der Waals surface area contributed by atoms with Crippen molar-refractivity contribution in [1.82, 2.24) is 4.98 Å². The summed E-state index contributed by atoms with van der Waals surface area (Å²) in [4.78, 5) is 4.19. The van der Waals surface area contributed by atoms with Crippen LogP contribution in [0.15, 0.2) is 61.1 Å². The molecule has 0 N–H and O–H groups in total. The van der Waals surface area contributed by atoms with Gasteiger partial charge in [-0.3, -0.25) is 4.98 Å². The minimum atomic E-state index is -0.308. The molecule has 0 spiro atoms. The third-order valence-electron chi connectivity index (χ3n) is 4.02. The molecule has 1 aromatic carbocycles. The van der Waals surface area contributed by atoms with Crippen LogP contribution in [0.4, 0.5) is 0 Å². The molecule has 1 atom stereocenters. The van der Waals surface area contributed by atoms with Crippen LogP contribution in [0.2, 0.25) is 0 Å². The van der Waals surface area contributed by atoms with Gasteiger partial charge in [-0.1, -0.05) is 32.9 Å². The molecule has 0 saturated carbocycles. The van der Waals surface area contributed by atoms with Crippen molar-refractivity contribution in [2.24, 2.45) is 5.41 Å². The monoisotopic (exact) mass is 383 g/mol. The van der Waals surface area contributed by atoms with E-state index in [-0.39, 0.29) is 11.5 Å². The van der Waals surface area contributed by atoms with Gasteiger partial charge in [0, 0.05) is 18.5 Å². The van der Waals surface area contributed by atoms with Crippen LogP contribution in [0.25, 0.3) is 6.08 Å². The van der Waals surface area contributed by atoms with Gasteiger partial charge in [-0.15, -0.1) is 6.58 Å². The fraction of sp³-hybridized carbons (Fsp3) is 0.348. The van der Waals surface area contributed by atoms with E-state index in [0.29, 0.717) is 29.6 Å². The Labute approximate surface area is 167 Å². The van der Waals surface area contributed by atoms with E-state index < -0.39 is 0 Å². The summed E-state index contributed by atoms with van der Waals surface area (Å²) in [6.07, 6.45) is 6.88. The van der Waals surface area contributed by atoms with E-state index >= 15 is 0 Å². The maximum Gasteiger partial charge on any atom is 0.169 e. The van der Waals surface area contributed by atoms with E-state index in [1.54, 1.807) is 38.8 Å². The minimum absolute atomic E-state index is 0.212. The highest BCUT2D eigenvalue weighted by Crippen LogP contribution is 2.36. The summed E-state index contributed by atoms with van der Waals surface area (Å²) in [7, 11) is 3.21. The fourth-order valence-corrected chi connectivity index (χ4v) is 2.69. The predicted octanol–water partition coefficient (Wildman–Crippen LogP) is 5.14. The first-order valence-electron chi connectivity index (χ1n) is 9.13. The molecule has 0 aliphatic carbocycles. The minimum Gasteiger partial charge on any atom is -0.497 e. The molecule has 1 unspecified atom stereocenters. The van der Waals surface area contributed by atoms with E-state index in [2.05, 4.69) is 32.3 Å². The predicted molar refractivity (Wildman–Crippen MR) is 112 cm³/mol. The summed E-state index contributed by atoms with van der Waals surface area (Å²) in [6.45, 7) is 10.5. The Morgan fingerprint density at radius 3 is 2.50 bits per heavy atom. The number of aromatic nitrogens is 1. The summed E-state index contributed by atoms with van der Waals surface area (Å²) in [5.74, 6) is 2.51. The molecular formula is C23H29NO4. The van der Waals surface area contributed by atoms with Gasteiger partial charge in [0.2, 0.25) is 0 Å². The molecule has 0 fully saturated rings. The molecule has 0 amide bonds. The van der Waals surface area contributed by atoms with Gasteiger partial charge in [0.25, 0.3) is 0 Å². The number of ether oxygens (including phenoxy) is 4. The van der Waals surface area contributed by atoms with Crippen LogP contribution < -0.4 is 14.2 Å². The first kappa shape index (κ1) is 21.5. The van der Waals surface area contributed by atoms with Gasteiger partial charge in [-0.2, -0.15) is 0 Å². The molecule has 5 nitrogen and oxygen atoms in total. The molecule has 1 aromatic heterocycles. The Balaban J connectivity index is 2.49. The third kappa shape index (κ3) is 5.86. The molecule has 0 radical (unpaired) electrons. The van der Waals surface area contributed by atoms with Gasteiger partial charge in [0.15, 0.2) is 11.5 Å². The van der Waals surface area contributed by atoms with E-state index in [9.17, 15) is 0 Å². The zero-order valence-electron chi connectivity index (χ0n) is 17.3. The van der Waals surface area contributed by atoms with Crippen LogP contribution in [-0.2, 0) is 4.74 Å². The SMILES string of the molecule is C=CCOC(C(=Cc1cccnc1)Oc1ccc(OC)cc1OC)C(C)(C)C. The summed E-state index contributed by atoms with van der Waals surface area (Å²) in [6, 6.07) is 9.29. The average molecular weight is 383 g/mol. The number of benzene rings is 1. The number of rotatable bonds is 9. The molecule has 0 aliphatic heterocycles. The van der Waals surface area contributed by atoms with Crippen molar-refractivity contribution in [3.63, 3.8) is 0 Å². The van der Waals surface area contributed by atoms with Crippen LogP contribution in [0.3, 0.4) is 0 Å². The molecule has 150 valence electrons. The van der Waals surface area contributed by atoms with Crippen LogP contribution in [-0.4, -0.2) is 31.9 Å². The maximum atomic E-state index is 6.32. The maximum absolute atomic E-state index is 6.32. The normalized spacial score (nSPS) is 13.0. The van der Waals surface area contributed by atoms with Crippen molar-refractivity contribution in [3.05, 3.63) is 66.7 Å². The number of nitrogens with zero attached hydrogens (tertiary/aromatic N) is 1. The van der Waals surface area contributed by atoms with Gasteiger partial charge >= 0.3 is 0 Å². The van der Waals surface area contributed by atoms with E-state index in [4.69, 9.17) is 18.9 Å². The van der Waals surface area contributed by atoms with Gasteiger partial charge < -0.3 is 18.9 Å². The molecule has 1 heterocycles. The average Bonchev–Trinajstić information content (AvgIpc) is 2.68. The Hall–Kier alpha value is -2.79. The molecule has 0 aliphatic rings. The zero-order valence-corrected chi connectivity index (χ0v) is 17.3. The topological polar surface area (TPSA) is 49.8 Å². The van der Waals surface area contributed by atoms with Crippen molar-refractivity contribution >= 4 is 6.08 Å². The summed E-state index contributed by atoms with van der Waals surface area (Å²) in [5.41, 5.74) is 0.706. The standard InChI is InChI=1S/C23H29NO4/c1-7-13-27-22(23(2,3)4)21(14-17-9-8-12-24-16-17)28-19-11-10-18(25-5)15-20(19)26-6/h7-12,14-16,22H,1,13H2,2-6H3. The molecule has 0 bridgehead atoms. The number of hydrogen-bond donors (Lipinski definition) is 0. The summed E-state index contributed by atoms with van der Waals surface area (Å²) < 4.78 is 23.2. The van der Waals surface area contributed by atoms with Crippen molar-refractivity contribution < 1.29 is 18.9 Å². The van der Waals surface area contributed by atoms with Crippen LogP contribution in [0, 0.1) is 5.41 Å².